The maximum Gasteiger partial charge on any atom is 0.287 e. The van der Waals surface area contributed by atoms with Crippen LogP contribution in [0, 0.1) is 0 Å². The average Bonchev–Trinajstić information content (AvgIpc) is 2.93. The maximum absolute atomic E-state index is 12.0. The second-order valence-electron chi connectivity index (χ2n) is 4.27. The summed E-state index contributed by atoms with van der Waals surface area (Å²) < 4.78 is 5.26. The van der Waals surface area contributed by atoms with Crippen LogP contribution in [0.4, 0.5) is 0 Å². The van der Waals surface area contributed by atoms with E-state index in [9.17, 15) is 9.59 Å². The Morgan fingerprint density at radius 1 is 1.05 bits per heavy atom. The van der Waals surface area contributed by atoms with Crippen molar-refractivity contribution in [1.29, 1.82) is 0 Å². The minimum Gasteiger partial charge on any atom is -0.459 e. The molecule has 0 saturated carbocycles. The highest BCUT2D eigenvalue weighted by Gasteiger charge is 2.15. The predicted octanol–water partition coefficient (Wildman–Crippen LogP) is 1.81. The van der Waals surface area contributed by atoms with Crippen molar-refractivity contribution in [3.8, 4) is 11.1 Å². The van der Waals surface area contributed by atoms with Gasteiger partial charge >= 0.3 is 0 Å². The van der Waals surface area contributed by atoms with Gasteiger partial charge in [-0.2, -0.15) is 0 Å². The minimum absolute atomic E-state index is 0.123. The fraction of sp³-hybridized carbons (Fsp3) is 0.200. The van der Waals surface area contributed by atoms with Crippen molar-refractivity contribution in [2.75, 3.05) is 13.1 Å². The van der Waals surface area contributed by atoms with Crippen molar-refractivity contribution in [3.05, 3.63) is 48.4 Å². The largest absolute Gasteiger partial charge is 0.459 e. The predicted molar refractivity (Wildman–Crippen MR) is 75.2 cm³/mol. The summed E-state index contributed by atoms with van der Waals surface area (Å²) in [5, 5.41) is 5.31. The number of hydrogen-bond donors (Lipinski definition) is 2. The third kappa shape index (κ3) is 3.47. The molecule has 2 amide bonds. The van der Waals surface area contributed by atoms with Crippen LogP contribution in [0.15, 0.2) is 47.1 Å². The first-order valence-corrected chi connectivity index (χ1v) is 6.34. The number of carbonyl (C=O) groups is 2. The first-order chi connectivity index (χ1) is 9.68. The maximum atomic E-state index is 12.0. The van der Waals surface area contributed by atoms with E-state index in [2.05, 4.69) is 10.6 Å². The molecule has 0 aliphatic rings. The first-order valence-electron chi connectivity index (χ1n) is 6.34. The van der Waals surface area contributed by atoms with Gasteiger partial charge in [-0.3, -0.25) is 9.59 Å². The summed E-state index contributed by atoms with van der Waals surface area (Å²) in [6.07, 6.45) is 1.49. The van der Waals surface area contributed by atoms with E-state index >= 15 is 0 Å². The van der Waals surface area contributed by atoms with Crippen LogP contribution in [0.25, 0.3) is 11.1 Å². The third-order valence-electron chi connectivity index (χ3n) is 2.74. The van der Waals surface area contributed by atoms with Crippen molar-refractivity contribution < 1.29 is 14.0 Å². The van der Waals surface area contributed by atoms with Crippen LogP contribution in [-0.4, -0.2) is 24.9 Å². The van der Waals surface area contributed by atoms with Gasteiger partial charge < -0.3 is 15.1 Å². The normalized spacial score (nSPS) is 10.1. The lowest BCUT2D eigenvalue weighted by atomic mass is 10.1. The van der Waals surface area contributed by atoms with Crippen LogP contribution in [0.2, 0.25) is 0 Å². The smallest absolute Gasteiger partial charge is 0.287 e. The molecule has 0 bridgehead atoms. The van der Waals surface area contributed by atoms with E-state index in [4.69, 9.17) is 4.42 Å². The summed E-state index contributed by atoms with van der Waals surface area (Å²) in [6, 6.07) is 11.3. The molecular formula is C15H16N2O3. The summed E-state index contributed by atoms with van der Waals surface area (Å²) in [5.41, 5.74) is 1.68. The Morgan fingerprint density at radius 2 is 1.75 bits per heavy atom. The van der Waals surface area contributed by atoms with Crippen LogP contribution in [-0.2, 0) is 4.79 Å². The van der Waals surface area contributed by atoms with Gasteiger partial charge in [-0.25, -0.2) is 0 Å². The lowest BCUT2D eigenvalue weighted by Gasteiger charge is -2.05. The van der Waals surface area contributed by atoms with Crippen LogP contribution in [0.1, 0.15) is 17.5 Å². The molecule has 1 aromatic carbocycles. The molecule has 20 heavy (non-hydrogen) atoms. The van der Waals surface area contributed by atoms with Crippen LogP contribution in [0.5, 0.6) is 0 Å². The quantitative estimate of drug-likeness (QED) is 0.815. The van der Waals surface area contributed by atoms with E-state index in [1.165, 1.54) is 13.2 Å². The van der Waals surface area contributed by atoms with Gasteiger partial charge in [0.1, 0.15) is 0 Å². The number of benzene rings is 1. The molecule has 2 N–H and O–H groups in total. The van der Waals surface area contributed by atoms with Crippen LogP contribution < -0.4 is 10.6 Å². The Morgan fingerprint density at radius 3 is 2.45 bits per heavy atom. The van der Waals surface area contributed by atoms with Gasteiger partial charge in [-0.15, -0.1) is 0 Å². The molecular weight excluding hydrogens is 256 g/mol. The van der Waals surface area contributed by atoms with Crippen molar-refractivity contribution in [2.24, 2.45) is 0 Å². The lowest BCUT2D eigenvalue weighted by molar-refractivity contribution is -0.118. The van der Waals surface area contributed by atoms with Crippen molar-refractivity contribution in [1.82, 2.24) is 10.6 Å². The zero-order chi connectivity index (χ0) is 14.4. The van der Waals surface area contributed by atoms with Crippen molar-refractivity contribution >= 4 is 11.8 Å². The van der Waals surface area contributed by atoms with Gasteiger partial charge in [0.2, 0.25) is 5.91 Å². The van der Waals surface area contributed by atoms with E-state index in [1.54, 1.807) is 6.07 Å². The SMILES string of the molecule is CC(=O)NCCNC(=O)c1occc1-c1ccccc1. The monoisotopic (exact) mass is 272 g/mol. The van der Waals surface area contributed by atoms with E-state index in [0.717, 1.165) is 11.1 Å². The van der Waals surface area contributed by atoms with Crippen molar-refractivity contribution in [3.63, 3.8) is 0 Å². The second-order valence-corrected chi connectivity index (χ2v) is 4.27. The van der Waals surface area contributed by atoms with E-state index in [0.29, 0.717) is 13.1 Å². The third-order valence-corrected chi connectivity index (χ3v) is 2.74. The molecule has 5 nitrogen and oxygen atoms in total. The minimum atomic E-state index is -0.292. The van der Waals surface area contributed by atoms with Gasteiger partial charge in [-0.1, -0.05) is 30.3 Å². The summed E-state index contributed by atoms with van der Waals surface area (Å²) in [5.74, 6) is -0.138. The highest BCUT2D eigenvalue weighted by Crippen LogP contribution is 2.24. The first kappa shape index (κ1) is 13.9. The number of rotatable bonds is 5. The highest BCUT2D eigenvalue weighted by molar-refractivity contribution is 5.98. The average molecular weight is 272 g/mol. The molecule has 0 saturated heterocycles. The van der Waals surface area contributed by atoms with E-state index < -0.39 is 0 Å². The molecule has 0 unspecified atom stereocenters. The molecule has 2 aromatic rings. The van der Waals surface area contributed by atoms with Gasteiger partial charge in [0.05, 0.1) is 6.26 Å². The molecule has 5 heteroatoms. The fourth-order valence-corrected chi connectivity index (χ4v) is 1.82. The number of carbonyl (C=O) groups excluding carboxylic acids is 2. The van der Waals surface area contributed by atoms with E-state index in [1.807, 2.05) is 30.3 Å². The van der Waals surface area contributed by atoms with E-state index in [-0.39, 0.29) is 17.6 Å². The van der Waals surface area contributed by atoms with Gasteiger partial charge in [-0.05, 0) is 11.6 Å². The molecule has 0 radical (unpaired) electrons. The van der Waals surface area contributed by atoms with Gasteiger partial charge in [0.25, 0.3) is 5.91 Å². The van der Waals surface area contributed by atoms with Crippen LogP contribution in [0.3, 0.4) is 0 Å². The molecule has 0 fully saturated rings. The molecule has 2 rings (SSSR count). The number of furan rings is 1. The standard InChI is InChI=1S/C15H16N2O3/c1-11(18)16-8-9-17-15(19)14-13(7-10-20-14)12-5-3-2-4-6-12/h2-7,10H,8-9H2,1H3,(H,16,18)(H,17,19). The highest BCUT2D eigenvalue weighted by atomic mass is 16.3. The number of hydrogen-bond acceptors (Lipinski definition) is 3. The molecule has 0 aliphatic carbocycles. The number of nitrogens with one attached hydrogen (secondary N) is 2. The molecule has 0 aliphatic heterocycles. The molecule has 1 heterocycles. The fourth-order valence-electron chi connectivity index (χ4n) is 1.82. The zero-order valence-corrected chi connectivity index (χ0v) is 11.2. The molecule has 104 valence electrons. The Bertz CT molecular complexity index is 590. The Kier molecular flexibility index (Phi) is 4.55. The zero-order valence-electron chi connectivity index (χ0n) is 11.2. The summed E-state index contributed by atoms with van der Waals surface area (Å²) in [7, 11) is 0. The van der Waals surface area contributed by atoms with Crippen molar-refractivity contribution in [2.45, 2.75) is 6.92 Å². The van der Waals surface area contributed by atoms with Gasteiger partial charge in [0.15, 0.2) is 5.76 Å². The molecule has 0 atom stereocenters. The Balaban J connectivity index is 2.01. The second kappa shape index (κ2) is 6.56. The molecule has 0 spiro atoms. The van der Waals surface area contributed by atoms with Gasteiger partial charge in [0, 0.05) is 25.6 Å². The molecule has 1 aromatic heterocycles. The summed E-state index contributed by atoms with van der Waals surface area (Å²) in [4.78, 5) is 22.7. The number of amides is 2. The Labute approximate surface area is 117 Å². The van der Waals surface area contributed by atoms with Crippen LogP contribution >= 0.6 is 0 Å². The Hall–Kier alpha value is -2.56. The lowest BCUT2D eigenvalue weighted by Crippen LogP contribution is -2.33. The summed E-state index contributed by atoms with van der Waals surface area (Å²) in [6.45, 7) is 2.18. The summed E-state index contributed by atoms with van der Waals surface area (Å²) >= 11 is 0. The topological polar surface area (TPSA) is 71.3 Å².